The van der Waals surface area contributed by atoms with Crippen molar-refractivity contribution in [3.8, 4) is 5.75 Å². The van der Waals surface area contributed by atoms with Crippen LogP contribution in [0, 0.1) is 5.82 Å². The molecule has 5 heteroatoms. The van der Waals surface area contributed by atoms with Crippen LogP contribution in [0.15, 0.2) is 48.8 Å². The van der Waals surface area contributed by atoms with Crippen molar-refractivity contribution in [1.29, 1.82) is 0 Å². The molecular formula is C17H16FN3O. The molecule has 0 saturated carbocycles. The van der Waals surface area contributed by atoms with Crippen molar-refractivity contribution in [2.45, 2.75) is 6.54 Å². The van der Waals surface area contributed by atoms with E-state index in [1.807, 2.05) is 36.2 Å². The van der Waals surface area contributed by atoms with E-state index < -0.39 is 0 Å². The minimum Gasteiger partial charge on any atom is -0.497 e. The highest BCUT2D eigenvalue weighted by Crippen LogP contribution is 2.24. The maximum atomic E-state index is 13.5. The van der Waals surface area contributed by atoms with E-state index >= 15 is 0 Å². The molecule has 0 atom stereocenters. The van der Waals surface area contributed by atoms with Crippen LogP contribution in [0.25, 0.3) is 10.9 Å². The lowest BCUT2D eigenvalue weighted by Gasteiger charge is -2.20. The number of nitrogens with zero attached hydrogens (tertiary/aromatic N) is 3. The summed E-state index contributed by atoms with van der Waals surface area (Å²) in [5.74, 6) is 1.22. The molecule has 0 fully saturated rings. The molecule has 2 aromatic carbocycles. The maximum absolute atomic E-state index is 13.5. The van der Waals surface area contributed by atoms with E-state index in [0.29, 0.717) is 17.7 Å². The van der Waals surface area contributed by atoms with Gasteiger partial charge in [-0.15, -0.1) is 0 Å². The van der Waals surface area contributed by atoms with Gasteiger partial charge in [0.1, 0.15) is 23.7 Å². The molecular weight excluding hydrogens is 281 g/mol. The topological polar surface area (TPSA) is 38.2 Å². The zero-order valence-electron chi connectivity index (χ0n) is 12.5. The molecule has 0 bridgehead atoms. The molecule has 1 aromatic heterocycles. The molecule has 0 radical (unpaired) electrons. The third-order valence-electron chi connectivity index (χ3n) is 3.49. The van der Waals surface area contributed by atoms with E-state index in [0.717, 1.165) is 16.8 Å². The molecule has 1 heterocycles. The average molecular weight is 297 g/mol. The molecule has 0 aliphatic heterocycles. The lowest BCUT2D eigenvalue weighted by atomic mass is 10.2. The predicted molar refractivity (Wildman–Crippen MR) is 84.6 cm³/mol. The number of aromatic nitrogens is 2. The highest BCUT2D eigenvalue weighted by atomic mass is 19.1. The summed E-state index contributed by atoms with van der Waals surface area (Å²) in [4.78, 5) is 10.4. The molecule has 112 valence electrons. The molecule has 22 heavy (non-hydrogen) atoms. The highest BCUT2D eigenvalue weighted by Gasteiger charge is 2.10. The zero-order chi connectivity index (χ0) is 15.5. The number of halogens is 1. The Hall–Kier alpha value is -2.69. The van der Waals surface area contributed by atoms with Crippen LogP contribution in [0.5, 0.6) is 5.75 Å². The van der Waals surface area contributed by atoms with Crippen LogP contribution in [0.1, 0.15) is 5.56 Å². The van der Waals surface area contributed by atoms with Gasteiger partial charge in [0, 0.05) is 19.0 Å². The van der Waals surface area contributed by atoms with Gasteiger partial charge < -0.3 is 9.64 Å². The highest BCUT2D eigenvalue weighted by molar-refractivity contribution is 5.89. The quantitative estimate of drug-likeness (QED) is 0.739. The molecule has 3 aromatic rings. The SMILES string of the molecule is COc1cccc(CN(C)c2ncnc3ccc(F)cc23)c1. The molecule has 0 spiro atoms. The lowest BCUT2D eigenvalue weighted by molar-refractivity contribution is 0.414. The van der Waals surface area contributed by atoms with Crippen molar-refractivity contribution in [2.75, 3.05) is 19.1 Å². The van der Waals surface area contributed by atoms with Crippen LogP contribution in [0.3, 0.4) is 0 Å². The smallest absolute Gasteiger partial charge is 0.140 e. The summed E-state index contributed by atoms with van der Waals surface area (Å²) in [5.41, 5.74) is 1.81. The van der Waals surface area contributed by atoms with Gasteiger partial charge in [0.05, 0.1) is 12.6 Å². The van der Waals surface area contributed by atoms with Gasteiger partial charge in [-0.3, -0.25) is 0 Å². The normalized spacial score (nSPS) is 10.7. The van der Waals surface area contributed by atoms with Crippen LogP contribution in [-0.2, 0) is 6.54 Å². The van der Waals surface area contributed by atoms with Gasteiger partial charge in [-0.25, -0.2) is 14.4 Å². The van der Waals surface area contributed by atoms with Gasteiger partial charge >= 0.3 is 0 Å². The second-order valence-electron chi connectivity index (χ2n) is 5.07. The average Bonchev–Trinajstić information content (AvgIpc) is 2.54. The van der Waals surface area contributed by atoms with Gasteiger partial charge in [-0.05, 0) is 35.9 Å². The Bertz CT molecular complexity index is 807. The summed E-state index contributed by atoms with van der Waals surface area (Å²) in [6.45, 7) is 0.639. The first-order valence-electron chi connectivity index (χ1n) is 6.91. The van der Waals surface area contributed by atoms with E-state index in [9.17, 15) is 4.39 Å². The number of hydrogen-bond acceptors (Lipinski definition) is 4. The zero-order valence-corrected chi connectivity index (χ0v) is 12.5. The van der Waals surface area contributed by atoms with E-state index in [2.05, 4.69) is 9.97 Å². The van der Waals surface area contributed by atoms with Crippen LogP contribution >= 0.6 is 0 Å². The molecule has 0 aliphatic carbocycles. The fourth-order valence-corrected chi connectivity index (χ4v) is 2.44. The second kappa shape index (κ2) is 5.97. The van der Waals surface area contributed by atoms with E-state index in [4.69, 9.17) is 4.74 Å². The van der Waals surface area contributed by atoms with E-state index in [1.54, 1.807) is 13.2 Å². The van der Waals surface area contributed by atoms with Crippen molar-refractivity contribution in [3.05, 3.63) is 60.2 Å². The van der Waals surface area contributed by atoms with Gasteiger partial charge in [0.15, 0.2) is 0 Å². The summed E-state index contributed by atoms with van der Waals surface area (Å²) in [6, 6.07) is 12.4. The largest absolute Gasteiger partial charge is 0.497 e. The van der Waals surface area contributed by atoms with Crippen molar-refractivity contribution >= 4 is 16.7 Å². The second-order valence-corrected chi connectivity index (χ2v) is 5.07. The Morgan fingerprint density at radius 1 is 1.14 bits per heavy atom. The summed E-state index contributed by atoms with van der Waals surface area (Å²) in [7, 11) is 3.57. The summed E-state index contributed by atoms with van der Waals surface area (Å²) < 4.78 is 18.7. The summed E-state index contributed by atoms with van der Waals surface area (Å²) in [6.07, 6.45) is 1.50. The minimum absolute atomic E-state index is 0.293. The van der Waals surface area contributed by atoms with Crippen molar-refractivity contribution in [3.63, 3.8) is 0 Å². The standard InChI is InChI=1S/C17H16FN3O/c1-21(10-12-4-3-5-14(8-12)22-2)17-15-9-13(18)6-7-16(15)19-11-20-17/h3-9,11H,10H2,1-2H3. The number of fused-ring (bicyclic) bond motifs is 1. The number of ether oxygens (including phenoxy) is 1. The molecule has 0 aliphatic rings. The molecule has 0 unspecified atom stereocenters. The fraction of sp³-hybridized carbons (Fsp3) is 0.176. The van der Waals surface area contributed by atoms with Crippen LogP contribution in [0.2, 0.25) is 0 Å². The van der Waals surface area contributed by atoms with Gasteiger partial charge in [0.2, 0.25) is 0 Å². The fourth-order valence-electron chi connectivity index (χ4n) is 2.44. The molecule has 0 amide bonds. The monoisotopic (exact) mass is 297 g/mol. The number of anilines is 1. The molecule has 4 nitrogen and oxygen atoms in total. The Balaban J connectivity index is 1.94. The van der Waals surface area contributed by atoms with Gasteiger partial charge in [-0.2, -0.15) is 0 Å². The minimum atomic E-state index is -0.293. The predicted octanol–water partition coefficient (Wildman–Crippen LogP) is 3.41. The van der Waals surface area contributed by atoms with Crippen molar-refractivity contribution < 1.29 is 9.13 Å². The Morgan fingerprint density at radius 3 is 2.82 bits per heavy atom. The molecule has 3 rings (SSSR count). The lowest BCUT2D eigenvalue weighted by Crippen LogP contribution is -2.18. The first-order chi connectivity index (χ1) is 10.7. The third kappa shape index (κ3) is 2.83. The first-order valence-corrected chi connectivity index (χ1v) is 6.91. The molecule has 0 N–H and O–H groups in total. The van der Waals surface area contributed by atoms with Gasteiger partial charge in [-0.1, -0.05) is 12.1 Å². The summed E-state index contributed by atoms with van der Waals surface area (Å²) in [5, 5.41) is 0.702. The number of benzene rings is 2. The van der Waals surface area contributed by atoms with Crippen LogP contribution in [0.4, 0.5) is 10.2 Å². The maximum Gasteiger partial charge on any atom is 0.140 e. The van der Waals surface area contributed by atoms with E-state index in [-0.39, 0.29) is 5.82 Å². The van der Waals surface area contributed by atoms with Crippen LogP contribution < -0.4 is 9.64 Å². The first kappa shape index (κ1) is 14.3. The van der Waals surface area contributed by atoms with Crippen LogP contribution in [-0.4, -0.2) is 24.1 Å². The number of hydrogen-bond donors (Lipinski definition) is 0. The third-order valence-corrected chi connectivity index (χ3v) is 3.49. The Labute approximate surface area is 128 Å². The number of methoxy groups -OCH3 is 1. The Kier molecular flexibility index (Phi) is 3.87. The van der Waals surface area contributed by atoms with Gasteiger partial charge in [0.25, 0.3) is 0 Å². The van der Waals surface area contributed by atoms with Crippen molar-refractivity contribution in [1.82, 2.24) is 9.97 Å². The number of rotatable bonds is 4. The Morgan fingerprint density at radius 2 is 2.00 bits per heavy atom. The summed E-state index contributed by atoms with van der Waals surface area (Å²) >= 11 is 0. The van der Waals surface area contributed by atoms with E-state index in [1.165, 1.54) is 18.5 Å². The van der Waals surface area contributed by atoms with Crippen molar-refractivity contribution in [2.24, 2.45) is 0 Å². The molecule has 0 saturated heterocycles.